The molecule has 0 amide bonds. The van der Waals surface area contributed by atoms with Crippen molar-refractivity contribution in [3.8, 4) is 6.07 Å². The first-order valence-electron chi connectivity index (χ1n) is 10.8. The average molecular weight is 414 g/mol. The van der Waals surface area contributed by atoms with Crippen LogP contribution in [0.1, 0.15) is 68.5 Å². The maximum absolute atomic E-state index is 9.05. The molecule has 1 fully saturated rings. The van der Waals surface area contributed by atoms with Crippen LogP contribution in [0.3, 0.4) is 0 Å². The second kappa shape index (κ2) is 12.3. The molecule has 0 bridgehead atoms. The van der Waals surface area contributed by atoms with Gasteiger partial charge in [0.2, 0.25) is 0 Å². The van der Waals surface area contributed by atoms with Crippen molar-refractivity contribution in [1.82, 2.24) is 0 Å². The molecule has 1 aliphatic rings. The SMILES string of the molecule is C=CC1CC(C)[C@H](C/C=C\CCCC)C1/C=C/CCCc1cc(S)c(C#N)s1. The Hall–Kier alpha value is -1.24. The van der Waals surface area contributed by atoms with Gasteiger partial charge in [0.25, 0.3) is 0 Å². The molecule has 1 aromatic heterocycles. The lowest BCUT2D eigenvalue weighted by atomic mass is 9.84. The highest BCUT2D eigenvalue weighted by atomic mass is 32.1. The lowest BCUT2D eigenvalue weighted by molar-refractivity contribution is 0.364. The lowest BCUT2D eigenvalue weighted by Gasteiger charge is -2.21. The zero-order valence-corrected chi connectivity index (χ0v) is 19.2. The van der Waals surface area contributed by atoms with Crippen LogP contribution in [0.25, 0.3) is 0 Å². The van der Waals surface area contributed by atoms with Crippen molar-refractivity contribution >= 4 is 24.0 Å². The molecule has 3 unspecified atom stereocenters. The Morgan fingerprint density at radius 3 is 2.75 bits per heavy atom. The molecule has 4 atom stereocenters. The molecule has 1 aliphatic carbocycles. The van der Waals surface area contributed by atoms with Gasteiger partial charge in [0.05, 0.1) is 0 Å². The predicted octanol–water partition coefficient (Wildman–Crippen LogP) is 8.00. The van der Waals surface area contributed by atoms with E-state index in [1.807, 2.05) is 6.07 Å². The van der Waals surface area contributed by atoms with Crippen LogP contribution in [-0.4, -0.2) is 0 Å². The minimum Gasteiger partial charge on any atom is -0.191 e. The molecule has 0 radical (unpaired) electrons. The fourth-order valence-corrected chi connectivity index (χ4v) is 5.69. The zero-order chi connectivity index (χ0) is 20.4. The van der Waals surface area contributed by atoms with E-state index in [1.54, 1.807) is 11.3 Å². The molecule has 0 aromatic carbocycles. The number of thiol groups is 1. The van der Waals surface area contributed by atoms with Crippen LogP contribution in [-0.2, 0) is 6.42 Å². The first-order chi connectivity index (χ1) is 13.6. The van der Waals surface area contributed by atoms with E-state index in [-0.39, 0.29) is 0 Å². The quantitative estimate of drug-likeness (QED) is 0.222. The molecule has 0 N–H and O–H groups in total. The van der Waals surface area contributed by atoms with E-state index in [4.69, 9.17) is 5.26 Å². The lowest BCUT2D eigenvalue weighted by Crippen LogP contribution is -2.13. The molecule has 1 heterocycles. The van der Waals surface area contributed by atoms with Crippen molar-refractivity contribution in [2.24, 2.45) is 23.7 Å². The molecular formula is C25H35NS2. The molecule has 1 aromatic rings. The van der Waals surface area contributed by atoms with Crippen LogP contribution in [0.2, 0.25) is 0 Å². The van der Waals surface area contributed by atoms with E-state index < -0.39 is 0 Å². The summed E-state index contributed by atoms with van der Waals surface area (Å²) in [6, 6.07) is 4.26. The summed E-state index contributed by atoms with van der Waals surface area (Å²) in [5.74, 6) is 2.74. The highest BCUT2D eigenvalue weighted by molar-refractivity contribution is 7.80. The summed E-state index contributed by atoms with van der Waals surface area (Å²) >= 11 is 5.95. The Kier molecular flexibility index (Phi) is 10.2. The van der Waals surface area contributed by atoms with E-state index in [0.717, 1.165) is 40.9 Å². The number of unbranched alkanes of at least 4 members (excludes halogenated alkanes) is 3. The van der Waals surface area contributed by atoms with Gasteiger partial charge in [0, 0.05) is 9.77 Å². The average Bonchev–Trinajstić information content (AvgIpc) is 3.20. The molecule has 0 spiro atoms. The molecule has 152 valence electrons. The van der Waals surface area contributed by atoms with E-state index in [1.165, 1.54) is 37.0 Å². The number of aryl methyl sites for hydroxylation is 1. The Labute approximate surface area is 181 Å². The second-order valence-electron chi connectivity index (χ2n) is 8.06. The summed E-state index contributed by atoms with van der Waals surface area (Å²) in [6.07, 6.45) is 21.3. The number of hydrogen-bond donors (Lipinski definition) is 1. The monoisotopic (exact) mass is 413 g/mol. The van der Waals surface area contributed by atoms with Gasteiger partial charge < -0.3 is 0 Å². The van der Waals surface area contributed by atoms with Gasteiger partial charge in [0.1, 0.15) is 10.9 Å². The minimum absolute atomic E-state index is 0.613. The molecule has 1 nitrogen and oxygen atoms in total. The normalized spacial score (nSPS) is 24.9. The maximum Gasteiger partial charge on any atom is 0.118 e. The summed E-state index contributed by atoms with van der Waals surface area (Å²) in [7, 11) is 0. The summed E-state index contributed by atoms with van der Waals surface area (Å²) in [5.41, 5.74) is 0. The third-order valence-electron chi connectivity index (χ3n) is 5.98. The van der Waals surface area contributed by atoms with E-state index >= 15 is 0 Å². The second-order valence-corrected chi connectivity index (χ2v) is 9.68. The highest BCUT2D eigenvalue weighted by Gasteiger charge is 2.36. The first-order valence-corrected chi connectivity index (χ1v) is 12.0. The van der Waals surface area contributed by atoms with Crippen LogP contribution in [0.15, 0.2) is 47.9 Å². The van der Waals surface area contributed by atoms with E-state index in [0.29, 0.717) is 11.8 Å². The molecule has 0 aliphatic heterocycles. The third-order valence-corrected chi connectivity index (χ3v) is 7.59. The van der Waals surface area contributed by atoms with Gasteiger partial charge in [-0.15, -0.1) is 30.5 Å². The largest absolute Gasteiger partial charge is 0.191 e. The number of nitriles is 1. The van der Waals surface area contributed by atoms with Gasteiger partial charge in [0.15, 0.2) is 0 Å². The van der Waals surface area contributed by atoms with E-state index in [9.17, 15) is 0 Å². The fraction of sp³-hybridized carbons (Fsp3) is 0.560. The van der Waals surface area contributed by atoms with Crippen LogP contribution in [0.5, 0.6) is 0 Å². The summed E-state index contributed by atoms with van der Waals surface area (Å²) in [4.78, 5) is 2.82. The minimum atomic E-state index is 0.613. The summed E-state index contributed by atoms with van der Waals surface area (Å²) < 4.78 is 0. The van der Waals surface area contributed by atoms with Crippen molar-refractivity contribution < 1.29 is 0 Å². The summed E-state index contributed by atoms with van der Waals surface area (Å²) in [5, 5.41) is 9.05. The fourth-order valence-electron chi connectivity index (χ4n) is 4.36. The van der Waals surface area contributed by atoms with Gasteiger partial charge in [-0.1, -0.05) is 57.1 Å². The van der Waals surface area contributed by atoms with Gasteiger partial charge >= 0.3 is 0 Å². The number of thiophene rings is 1. The molecular weight excluding hydrogens is 378 g/mol. The van der Waals surface area contributed by atoms with Crippen molar-refractivity contribution in [1.29, 1.82) is 5.26 Å². The predicted molar refractivity (Wildman–Crippen MR) is 126 cm³/mol. The number of rotatable bonds is 11. The molecule has 0 saturated heterocycles. The Bertz CT molecular complexity index is 707. The molecule has 28 heavy (non-hydrogen) atoms. The third kappa shape index (κ3) is 6.68. The Morgan fingerprint density at radius 1 is 1.29 bits per heavy atom. The topological polar surface area (TPSA) is 23.8 Å². The van der Waals surface area contributed by atoms with Crippen molar-refractivity contribution in [2.45, 2.75) is 70.1 Å². The van der Waals surface area contributed by atoms with Crippen LogP contribution in [0, 0.1) is 35.0 Å². The van der Waals surface area contributed by atoms with Gasteiger partial charge in [-0.05, 0) is 68.3 Å². The number of nitrogens with zero attached hydrogens (tertiary/aromatic N) is 1. The zero-order valence-electron chi connectivity index (χ0n) is 17.4. The maximum atomic E-state index is 9.05. The molecule has 2 rings (SSSR count). The van der Waals surface area contributed by atoms with Crippen LogP contribution < -0.4 is 0 Å². The first kappa shape index (κ1) is 23.0. The number of allylic oxidation sites excluding steroid dienone is 5. The molecule has 3 heteroatoms. The standard InChI is InChI=1S/C25H35NS2/c1-4-6-7-8-11-14-22-19(3)16-20(5-2)23(22)15-12-9-10-13-21-17-24(27)25(18-26)28-21/h5,8,11-12,15,17,19-20,22-23,27H,2,4,6-7,9-10,13-14,16H2,1,3H3/b11-8-,15-12+/t19?,20?,22-,23?/m0/s1. The Morgan fingerprint density at radius 2 is 2.07 bits per heavy atom. The Balaban J connectivity index is 1.85. The van der Waals surface area contributed by atoms with Crippen LogP contribution >= 0.6 is 24.0 Å². The molecule has 1 saturated carbocycles. The van der Waals surface area contributed by atoms with Crippen molar-refractivity contribution in [2.75, 3.05) is 0 Å². The van der Waals surface area contributed by atoms with Gasteiger partial charge in [-0.25, -0.2) is 0 Å². The van der Waals surface area contributed by atoms with E-state index in [2.05, 4.69) is 69.5 Å². The highest BCUT2D eigenvalue weighted by Crippen LogP contribution is 2.45. The van der Waals surface area contributed by atoms with Gasteiger partial charge in [-0.3, -0.25) is 0 Å². The number of hydrogen-bond acceptors (Lipinski definition) is 3. The van der Waals surface area contributed by atoms with Crippen molar-refractivity contribution in [3.63, 3.8) is 0 Å². The van der Waals surface area contributed by atoms with Crippen molar-refractivity contribution in [3.05, 3.63) is 52.8 Å². The summed E-state index contributed by atoms with van der Waals surface area (Å²) in [6.45, 7) is 8.76. The smallest absolute Gasteiger partial charge is 0.118 e. The van der Waals surface area contributed by atoms with Crippen LogP contribution in [0.4, 0.5) is 0 Å². The van der Waals surface area contributed by atoms with Gasteiger partial charge in [-0.2, -0.15) is 5.26 Å².